The number of carbonyl (C=O) groups is 1. The zero-order valence-electron chi connectivity index (χ0n) is 13.8. The van der Waals surface area contributed by atoms with Gasteiger partial charge in [-0.05, 0) is 62.2 Å². The zero-order valence-corrected chi connectivity index (χ0v) is 13.8. The highest BCUT2D eigenvalue weighted by molar-refractivity contribution is 5.94. The van der Waals surface area contributed by atoms with Gasteiger partial charge in [0, 0.05) is 5.69 Å². The molecule has 23 heavy (non-hydrogen) atoms. The summed E-state index contributed by atoms with van der Waals surface area (Å²) >= 11 is 0. The molecule has 0 bridgehead atoms. The van der Waals surface area contributed by atoms with Crippen LogP contribution in [0, 0.1) is 0 Å². The van der Waals surface area contributed by atoms with Crippen LogP contribution in [0.15, 0.2) is 48.5 Å². The van der Waals surface area contributed by atoms with Gasteiger partial charge in [-0.1, -0.05) is 19.1 Å². The van der Waals surface area contributed by atoms with Crippen molar-refractivity contribution in [2.75, 3.05) is 11.9 Å². The lowest BCUT2D eigenvalue weighted by Gasteiger charge is -2.15. The van der Waals surface area contributed by atoms with E-state index in [0.717, 1.165) is 17.9 Å². The quantitative estimate of drug-likeness (QED) is 0.838. The van der Waals surface area contributed by atoms with Crippen molar-refractivity contribution >= 4 is 11.6 Å². The number of hydrogen-bond acceptors (Lipinski definition) is 3. The molecule has 2 rings (SSSR count). The van der Waals surface area contributed by atoms with E-state index in [4.69, 9.17) is 9.47 Å². The van der Waals surface area contributed by atoms with E-state index in [-0.39, 0.29) is 5.91 Å². The summed E-state index contributed by atoms with van der Waals surface area (Å²) in [4.78, 5) is 12.2. The van der Waals surface area contributed by atoms with E-state index < -0.39 is 6.10 Å². The van der Waals surface area contributed by atoms with Crippen molar-refractivity contribution in [2.45, 2.75) is 33.3 Å². The van der Waals surface area contributed by atoms with Gasteiger partial charge in [-0.15, -0.1) is 0 Å². The Morgan fingerprint density at radius 1 is 1.09 bits per heavy atom. The van der Waals surface area contributed by atoms with E-state index in [0.29, 0.717) is 12.4 Å². The second-order valence-electron chi connectivity index (χ2n) is 5.21. The summed E-state index contributed by atoms with van der Waals surface area (Å²) in [7, 11) is 0. The van der Waals surface area contributed by atoms with Crippen molar-refractivity contribution in [2.24, 2.45) is 0 Å². The molecule has 4 nitrogen and oxygen atoms in total. The molecule has 0 aliphatic carbocycles. The van der Waals surface area contributed by atoms with E-state index in [1.165, 1.54) is 5.56 Å². The van der Waals surface area contributed by atoms with Gasteiger partial charge in [-0.25, -0.2) is 0 Å². The number of ether oxygens (including phenoxy) is 2. The van der Waals surface area contributed by atoms with Crippen LogP contribution >= 0.6 is 0 Å². The molecule has 1 N–H and O–H groups in total. The van der Waals surface area contributed by atoms with Crippen LogP contribution < -0.4 is 14.8 Å². The van der Waals surface area contributed by atoms with Crippen molar-refractivity contribution in [3.8, 4) is 11.5 Å². The molecule has 0 saturated carbocycles. The second kappa shape index (κ2) is 8.22. The van der Waals surface area contributed by atoms with Crippen LogP contribution in [0.3, 0.4) is 0 Å². The minimum absolute atomic E-state index is 0.184. The van der Waals surface area contributed by atoms with E-state index >= 15 is 0 Å². The largest absolute Gasteiger partial charge is 0.494 e. The third-order valence-electron chi connectivity index (χ3n) is 3.42. The lowest BCUT2D eigenvalue weighted by atomic mass is 10.2. The van der Waals surface area contributed by atoms with Crippen molar-refractivity contribution in [1.82, 2.24) is 0 Å². The summed E-state index contributed by atoms with van der Waals surface area (Å²) in [6.45, 7) is 6.37. The van der Waals surface area contributed by atoms with Gasteiger partial charge in [0.2, 0.25) is 0 Å². The predicted molar refractivity (Wildman–Crippen MR) is 92.2 cm³/mol. The molecule has 0 fully saturated rings. The molecule has 1 atom stereocenters. The number of carbonyl (C=O) groups excluding carboxylic acids is 1. The van der Waals surface area contributed by atoms with Crippen molar-refractivity contribution in [1.29, 1.82) is 0 Å². The minimum atomic E-state index is -0.575. The number of nitrogens with one attached hydrogen (secondary N) is 1. The SMILES string of the molecule is CCOc1ccc(NC(=O)[C@@H](C)Oc2cccc(CC)c2)cc1. The number of amides is 1. The maximum Gasteiger partial charge on any atom is 0.265 e. The topological polar surface area (TPSA) is 47.6 Å². The third-order valence-corrected chi connectivity index (χ3v) is 3.42. The maximum absolute atomic E-state index is 12.2. The average Bonchev–Trinajstić information content (AvgIpc) is 2.57. The first-order valence-electron chi connectivity index (χ1n) is 7.91. The molecule has 4 heteroatoms. The predicted octanol–water partition coefficient (Wildman–Crippen LogP) is 4.05. The third kappa shape index (κ3) is 5.02. The van der Waals surface area contributed by atoms with E-state index in [1.54, 1.807) is 6.92 Å². The average molecular weight is 313 g/mol. The van der Waals surface area contributed by atoms with Crippen LogP contribution in [-0.2, 0) is 11.2 Å². The first kappa shape index (κ1) is 16.9. The molecule has 0 unspecified atom stereocenters. The Kier molecular flexibility index (Phi) is 6.03. The van der Waals surface area contributed by atoms with Crippen LogP contribution in [0.5, 0.6) is 11.5 Å². The second-order valence-corrected chi connectivity index (χ2v) is 5.21. The zero-order chi connectivity index (χ0) is 16.7. The molecule has 2 aromatic carbocycles. The summed E-state index contributed by atoms with van der Waals surface area (Å²) in [6, 6.07) is 15.1. The number of anilines is 1. The fourth-order valence-corrected chi connectivity index (χ4v) is 2.14. The van der Waals surface area contributed by atoms with E-state index in [9.17, 15) is 4.79 Å². The van der Waals surface area contributed by atoms with Gasteiger partial charge in [-0.2, -0.15) is 0 Å². The first-order valence-corrected chi connectivity index (χ1v) is 7.91. The lowest BCUT2D eigenvalue weighted by Crippen LogP contribution is -2.30. The number of rotatable bonds is 7. The normalized spacial score (nSPS) is 11.6. The Labute approximate surface area is 137 Å². The highest BCUT2D eigenvalue weighted by Crippen LogP contribution is 2.18. The highest BCUT2D eigenvalue weighted by Gasteiger charge is 2.15. The van der Waals surface area contributed by atoms with Gasteiger partial charge in [0.1, 0.15) is 11.5 Å². The molecule has 0 aliphatic rings. The molecule has 0 aromatic heterocycles. The Hall–Kier alpha value is -2.49. The van der Waals surface area contributed by atoms with Crippen LogP contribution in [-0.4, -0.2) is 18.6 Å². The minimum Gasteiger partial charge on any atom is -0.494 e. The number of benzene rings is 2. The van der Waals surface area contributed by atoms with Crippen molar-refractivity contribution < 1.29 is 14.3 Å². The maximum atomic E-state index is 12.2. The molecule has 0 heterocycles. The summed E-state index contributed by atoms with van der Waals surface area (Å²) < 4.78 is 11.1. The molecule has 0 saturated heterocycles. The smallest absolute Gasteiger partial charge is 0.265 e. The Morgan fingerprint density at radius 3 is 2.48 bits per heavy atom. The van der Waals surface area contributed by atoms with Gasteiger partial charge < -0.3 is 14.8 Å². The summed E-state index contributed by atoms with van der Waals surface area (Å²) in [5.41, 5.74) is 1.90. The highest BCUT2D eigenvalue weighted by atomic mass is 16.5. The van der Waals surface area contributed by atoms with Gasteiger partial charge in [-0.3, -0.25) is 4.79 Å². The molecule has 122 valence electrons. The molecule has 0 aliphatic heterocycles. The Bertz CT molecular complexity index is 637. The molecular formula is C19H23NO3. The summed E-state index contributed by atoms with van der Waals surface area (Å²) in [5.74, 6) is 1.31. The summed E-state index contributed by atoms with van der Waals surface area (Å²) in [5, 5.41) is 2.84. The van der Waals surface area contributed by atoms with Crippen molar-refractivity contribution in [3.05, 3.63) is 54.1 Å². The molecule has 2 aromatic rings. The molecule has 0 spiro atoms. The lowest BCUT2D eigenvalue weighted by molar-refractivity contribution is -0.122. The van der Waals surface area contributed by atoms with Crippen LogP contribution in [0.4, 0.5) is 5.69 Å². The van der Waals surface area contributed by atoms with Gasteiger partial charge in [0.15, 0.2) is 6.10 Å². The summed E-state index contributed by atoms with van der Waals surface area (Å²) in [6.07, 6.45) is 0.359. The van der Waals surface area contributed by atoms with Crippen LogP contribution in [0.25, 0.3) is 0 Å². The number of hydrogen-bond donors (Lipinski definition) is 1. The fraction of sp³-hybridized carbons (Fsp3) is 0.316. The standard InChI is InChI=1S/C19H23NO3/c1-4-15-7-6-8-18(13-15)23-14(3)19(21)20-16-9-11-17(12-10-16)22-5-2/h6-14H,4-5H2,1-3H3,(H,20,21)/t14-/m1/s1. The van der Waals surface area contributed by atoms with E-state index in [2.05, 4.69) is 12.2 Å². The van der Waals surface area contributed by atoms with Gasteiger partial charge in [0.05, 0.1) is 6.61 Å². The molecule has 0 radical (unpaired) electrons. The first-order chi connectivity index (χ1) is 11.1. The monoisotopic (exact) mass is 313 g/mol. The van der Waals surface area contributed by atoms with Crippen molar-refractivity contribution in [3.63, 3.8) is 0 Å². The Morgan fingerprint density at radius 2 is 1.83 bits per heavy atom. The number of aryl methyl sites for hydroxylation is 1. The molecular weight excluding hydrogens is 290 g/mol. The van der Waals surface area contributed by atoms with Gasteiger partial charge in [0.25, 0.3) is 5.91 Å². The van der Waals surface area contributed by atoms with Crippen LogP contribution in [0.2, 0.25) is 0 Å². The Balaban J connectivity index is 1.93. The van der Waals surface area contributed by atoms with Crippen LogP contribution in [0.1, 0.15) is 26.3 Å². The van der Waals surface area contributed by atoms with Gasteiger partial charge >= 0.3 is 0 Å². The molecule has 1 amide bonds. The fourth-order valence-electron chi connectivity index (χ4n) is 2.14. The van der Waals surface area contributed by atoms with E-state index in [1.807, 2.05) is 55.5 Å².